The maximum absolute atomic E-state index is 12.3. The van der Waals surface area contributed by atoms with Crippen LogP contribution >= 0.6 is 34.9 Å². The van der Waals surface area contributed by atoms with Gasteiger partial charge in [-0.15, -0.1) is 10.2 Å². The highest BCUT2D eigenvalue weighted by Crippen LogP contribution is 2.31. The molecule has 28 heavy (non-hydrogen) atoms. The van der Waals surface area contributed by atoms with Crippen LogP contribution in [0, 0.1) is 0 Å². The first kappa shape index (κ1) is 21.1. The smallest absolute Gasteiger partial charge is 0.325 e. The summed E-state index contributed by atoms with van der Waals surface area (Å²) in [6.07, 6.45) is 4.15. The highest BCUT2D eigenvalue weighted by molar-refractivity contribution is 8.02. The predicted molar refractivity (Wildman–Crippen MR) is 116 cm³/mol. The molecule has 1 N–H and O–H groups in total. The Kier molecular flexibility index (Phi) is 7.36. The molecular weight excluding hydrogens is 416 g/mol. The number of rotatable bonds is 10. The first-order valence-electron chi connectivity index (χ1n) is 9.32. The van der Waals surface area contributed by atoms with Gasteiger partial charge in [-0.2, -0.15) is 0 Å². The van der Waals surface area contributed by atoms with Gasteiger partial charge in [0, 0.05) is 19.3 Å². The second-order valence-corrected chi connectivity index (χ2v) is 9.89. The summed E-state index contributed by atoms with van der Waals surface area (Å²) in [5.74, 6) is 2.34. The molecule has 0 fully saturated rings. The summed E-state index contributed by atoms with van der Waals surface area (Å²) in [5, 5.41) is 8.46. The summed E-state index contributed by atoms with van der Waals surface area (Å²) in [4.78, 5) is 31.5. The molecule has 0 radical (unpaired) electrons. The van der Waals surface area contributed by atoms with Gasteiger partial charge in [-0.1, -0.05) is 61.5 Å². The largest absolute Gasteiger partial charge is 0.330 e. The topological polar surface area (TPSA) is 98.5 Å². The second-order valence-electron chi connectivity index (χ2n) is 6.35. The zero-order chi connectivity index (χ0) is 20.1. The van der Waals surface area contributed by atoms with Gasteiger partial charge in [-0.25, -0.2) is 9.78 Å². The average molecular weight is 441 g/mol. The van der Waals surface area contributed by atoms with Crippen molar-refractivity contribution in [2.24, 2.45) is 7.05 Å². The Morgan fingerprint density at radius 3 is 2.50 bits per heavy atom. The molecule has 0 atom stereocenters. The molecule has 0 aliphatic rings. The lowest BCUT2D eigenvalue weighted by Crippen LogP contribution is -2.31. The molecule has 0 bridgehead atoms. The minimum absolute atomic E-state index is 0.399. The molecule has 0 spiro atoms. The number of aromatic amines is 1. The number of aromatic nitrogens is 6. The second kappa shape index (κ2) is 9.75. The first-order valence-corrected chi connectivity index (χ1v) is 12.1. The quantitative estimate of drug-likeness (QED) is 0.382. The van der Waals surface area contributed by atoms with Crippen LogP contribution in [0.3, 0.4) is 0 Å². The summed E-state index contributed by atoms with van der Waals surface area (Å²) < 4.78 is 5.18. The molecule has 0 aliphatic heterocycles. The maximum Gasteiger partial charge on any atom is 0.330 e. The Bertz CT molecular complexity index is 1050. The minimum Gasteiger partial charge on any atom is -0.325 e. The Labute approximate surface area is 175 Å². The number of unbranched alkanes of at least 4 members (excludes halogenated alkanes) is 2. The van der Waals surface area contributed by atoms with Gasteiger partial charge in [-0.3, -0.25) is 14.3 Å². The number of hydrogen-bond donors (Lipinski definition) is 1. The standard InChI is InChI=1S/C17H24N6O2S3/c1-4-6-8-23-13-12(14(24)19-15(23)25)22(3)11(18-13)10-27-17-21-20-16(28-17)26-9-7-5-2/h4-10H2,1-3H3,(H,19,24,25). The van der Waals surface area contributed by atoms with Crippen molar-refractivity contribution in [3.05, 3.63) is 26.7 Å². The minimum atomic E-state index is -0.402. The molecule has 8 nitrogen and oxygen atoms in total. The molecular formula is C17H24N6O2S3. The van der Waals surface area contributed by atoms with Crippen LogP contribution in [0.2, 0.25) is 0 Å². The highest BCUT2D eigenvalue weighted by atomic mass is 32.2. The van der Waals surface area contributed by atoms with Crippen molar-refractivity contribution in [3.63, 3.8) is 0 Å². The van der Waals surface area contributed by atoms with Crippen LogP contribution in [-0.4, -0.2) is 35.1 Å². The third kappa shape index (κ3) is 4.69. The van der Waals surface area contributed by atoms with E-state index in [9.17, 15) is 9.59 Å². The van der Waals surface area contributed by atoms with Crippen molar-refractivity contribution in [1.82, 2.24) is 29.3 Å². The fourth-order valence-corrected chi connectivity index (χ4v) is 5.85. The molecule has 3 aromatic heterocycles. The fraction of sp³-hybridized carbons (Fsp3) is 0.588. The summed E-state index contributed by atoms with van der Waals surface area (Å²) in [7, 11) is 1.81. The first-order chi connectivity index (χ1) is 13.5. The van der Waals surface area contributed by atoms with Gasteiger partial charge in [-0.05, 0) is 12.8 Å². The normalized spacial score (nSPS) is 11.5. The van der Waals surface area contributed by atoms with Crippen LogP contribution in [-0.2, 0) is 19.3 Å². The van der Waals surface area contributed by atoms with E-state index in [0.29, 0.717) is 23.5 Å². The molecule has 3 aromatic rings. The number of aryl methyl sites for hydroxylation is 2. The van der Waals surface area contributed by atoms with Crippen molar-refractivity contribution in [2.45, 2.75) is 60.5 Å². The molecule has 0 aromatic carbocycles. The Hall–Kier alpha value is -1.59. The van der Waals surface area contributed by atoms with Crippen LogP contribution < -0.4 is 11.2 Å². The van der Waals surface area contributed by atoms with E-state index in [1.165, 1.54) is 12.8 Å². The third-order valence-corrected chi connectivity index (χ3v) is 7.55. The van der Waals surface area contributed by atoms with Crippen molar-refractivity contribution in [2.75, 3.05) is 5.75 Å². The Morgan fingerprint density at radius 2 is 1.79 bits per heavy atom. The van der Waals surface area contributed by atoms with Gasteiger partial charge in [0.1, 0.15) is 5.82 Å². The van der Waals surface area contributed by atoms with Gasteiger partial charge in [0.2, 0.25) is 0 Å². The zero-order valence-electron chi connectivity index (χ0n) is 16.2. The number of imidazole rings is 1. The summed E-state index contributed by atoms with van der Waals surface area (Å²) in [6, 6.07) is 0. The van der Waals surface area contributed by atoms with Gasteiger partial charge < -0.3 is 4.57 Å². The molecule has 11 heteroatoms. The van der Waals surface area contributed by atoms with E-state index >= 15 is 0 Å². The van der Waals surface area contributed by atoms with Crippen LogP contribution in [0.4, 0.5) is 0 Å². The van der Waals surface area contributed by atoms with Crippen LogP contribution in [0.5, 0.6) is 0 Å². The Balaban J connectivity index is 1.80. The van der Waals surface area contributed by atoms with E-state index in [2.05, 4.69) is 34.0 Å². The lowest BCUT2D eigenvalue weighted by atomic mass is 10.3. The lowest BCUT2D eigenvalue weighted by molar-refractivity contribution is 0.613. The van der Waals surface area contributed by atoms with Crippen molar-refractivity contribution < 1.29 is 0 Å². The molecule has 0 saturated carbocycles. The number of hydrogen-bond acceptors (Lipinski definition) is 8. The van der Waals surface area contributed by atoms with Crippen molar-refractivity contribution >= 4 is 46.0 Å². The van der Waals surface area contributed by atoms with E-state index in [4.69, 9.17) is 0 Å². The fourth-order valence-electron chi connectivity index (χ4n) is 2.69. The van der Waals surface area contributed by atoms with E-state index in [-0.39, 0.29) is 0 Å². The maximum atomic E-state index is 12.3. The number of thioether (sulfide) groups is 2. The van der Waals surface area contributed by atoms with Gasteiger partial charge in [0.05, 0.1) is 5.75 Å². The van der Waals surface area contributed by atoms with E-state index < -0.39 is 11.2 Å². The number of nitrogens with zero attached hydrogens (tertiary/aromatic N) is 5. The predicted octanol–water partition coefficient (Wildman–Crippen LogP) is 3.26. The molecule has 0 unspecified atom stereocenters. The summed E-state index contributed by atoms with van der Waals surface area (Å²) in [6.45, 7) is 4.78. The molecule has 0 amide bonds. The van der Waals surface area contributed by atoms with Gasteiger partial charge >= 0.3 is 5.69 Å². The number of H-pyrrole nitrogens is 1. The van der Waals surface area contributed by atoms with E-state index in [0.717, 1.165) is 33.1 Å². The van der Waals surface area contributed by atoms with E-state index in [1.54, 1.807) is 51.0 Å². The molecule has 3 heterocycles. The van der Waals surface area contributed by atoms with Gasteiger partial charge in [0.15, 0.2) is 19.8 Å². The molecule has 0 saturated heterocycles. The average Bonchev–Trinajstić information content (AvgIpc) is 3.25. The lowest BCUT2D eigenvalue weighted by Gasteiger charge is -2.04. The summed E-state index contributed by atoms with van der Waals surface area (Å²) in [5.41, 5.74) is 0.0818. The van der Waals surface area contributed by atoms with Crippen LogP contribution in [0.25, 0.3) is 11.2 Å². The molecule has 152 valence electrons. The number of fused-ring (bicyclic) bond motifs is 1. The van der Waals surface area contributed by atoms with Crippen LogP contribution in [0.1, 0.15) is 45.4 Å². The third-order valence-electron chi connectivity index (χ3n) is 4.28. The van der Waals surface area contributed by atoms with E-state index in [1.807, 2.05) is 0 Å². The zero-order valence-corrected chi connectivity index (χ0v) is 18.7. The highest BCUT2D eigenvalue weighted by Gasteiger charge is 2.17. The Morgan fingerprint density at radius 1 is 1.07 bits per heavy atom. The summed E-state index contributed by atoms with van der Waals surface area (Å²) >= 11 is 4.86. The van der Waals surface area contributed by atoms with Gasteiger partial charge in [0.25, 0.3) is 5.56 Å². The molecule has 3 rings (SSSR count). The SMILES string of the molecule is CCCCSc1nnc(SCc2nc3c(c(=O)[nH]c(=O)n3CCCC)n2C)s1. The van der Waals surface area contributed by atoms with Crippen molar-refractivity contribution in [1.29, 1.82) is 0 Å². The van der Waals surface area contributed by atoms with Crippen LogP contribution in [0.15, 0.2) is 18.3 Å². The monoisotopic (exact) mass is 440 g/mol. The van der Waals surface area contributed by atoms with Crippen molar-refractivity contribution in [3.8, 4) is 0 Å². The molecule has 0 aliphatic carbocycles. The number of nitrogens with one attached hydrogen (secondary N) is 1.